The van der Waals surface area contributed by atoms with Crippen LogP contribution in [0, 0.1) is 0 Å². The summed E-state index contributed by atoms with van der Waals surface area (Å²) in [6.07, 6.45) is 1.81. The fraction of sp³-hybridized carbons (Fsp3) is 0.250. The van der Waals surface area contributed by atoms with Crippen molar-refractivity contribution >= 4 is 29.3 Å². The summed E-state index contributed by atoms with van der Waals surface area (Å²) < 4.78 is 1.39. The molecular formula is C20H22ClN5OS. The minimum Gasteiger partial charge on any atom is -0.353 e. The minimum absolute atomic E-state index is 0.0541. The molecule has 0 aliphatic heterocycles. The second kappa shape index (κ2) is 9.61. The zero-order chi connectivity index (χ0) is 19.9. The molecule has 0 aliphatic rings. The lowest BCUT2D eigenvalue weighted by Gasteiger charge is -2.13. The Morgan fingerprint density at radius 1 is 1.18 bits per heavy atom. The topological polar surface area (TPSA) is 85.8 Å². The first-order valence-electron chi connectivity index (χ1n) is 8.95. The van der Waals surface area contributed by atoms with Crippen molar-refractivity contribution in [1.29, 1.82) is 0 Å². The Hall–Kier alpha value is -2.51. The number of nitrogen functional groups attached to an aromatic ring is 1. The van der Waals surface area contributed by atoms with E-state index in [1.807, 2.05) is 37.3 Å². The van der Waals surface area contributed by atoms with Crippen LogP contribution in [0.2, 0.25) is 5.02 Å². The Bertz CT molecular complexity index is 914. The second-order valence-electron chi connectivity index (χ2n) is 6.46. The van der Waals surface area contributed by atoms with E-state index in [4.69, 9.17) is 17.4 Å². The minimum atomic E-state index is -0.0541. The molecule has 3 N–H and O–H groups in total. The van der Waals surface area contributed by atoms with Crippen LogP contribution in [0.3, 0.4) is 0 Å². The average Bonchev–Trinajstić information content (AvgIpc) is 3.07. The number of nitrogens with one attached hydrogen (secondary N) is 1. The normalized spacial score (nSPS) is 11.9. The van der Waals surface area contributed by atoms with Crippen molar-refractivity contribution < 1.29 is 4.79 Å². The van der Waals surface area contributed by atoms with Crippen LogP contribution in [0.5, 0.6) is 0 Å². The molecule has 28 heavy (non-hydrogen) atoms. The van der Waals surface area contributed by atoms with E-state index in [1.165, 1.54) is 22.0 Å². The van der Waals surface area contributed by atoms with E-state index < -0.39 is 0 Å². The number of halogens is 1. The van der Waals surface area contributed by atoms with Crippen LogP contribution in [0.25, 0.3) is 11.4 Å². The lowest BCUT2D eigenvalue weighted by Crippen LogP contribution is -2.34. The monoisotopic (exact) mass is 415 g/mol. The largest absolute Gasteiger partial charge is 0.353 e. The number of carbonyl (C=O) groups is 1. The Labute approximate surface area is 173 Å². The van der Waals surface area contributed by atoms with Crippen LogP contribution >= 0.6 is 23.4 Å². The maximum Gasteiger partial charge on any atom is 0.230 e. The van der Waals surface area contributed by atoms with E-state index >= 15 is 0 Å². The number of benzene rings is 2. The summed E-state index contributed by atoms with van der Waals surface area (Å²) in [5, 5.41) is 12.3. The fourth-order valence-electron chi connectivity index (χ4n) is 2.72. The highest BCUT2D eigenvalue weighted by molar-refractivity contribution is 7.99. The predicted molar refractivity (Wildman–Crippen MR) is 114 cm³/mol. The number of aromatic nitrogens is 3. The van der Waals surface area contributed by atoms with E-state index in [0.29, 0.717) is 16.0 Å². The Kier molecular flexibility index (Phi) is 6.95. The van der Waals surface area contributed by atoms with Gasteiger partial charge in [0.05, 0.1) is 5.75 Å². The van der Waals surface area contributed by atoms with E-state index in [1.54, 1.807) is 12.1 Å². The van der Waals surface area contributed by atoms with Gasteiger partial charge in [-0.1, -0.05) is 53.7 Å². The van der Waals surface area contributed by atoms with Crippen molar-refractivity contribution in [1.82, 2.24) is 20.2 Å². The van der Waals surface area contributed by atoms with Crippen LogP contribution in [0.15, 0.2) is 59.8 Å². The summed E-state index contributed by atoms with van der Waals surface area (Å²) in [6, 6.07) is 17.5. The number of amides is 1. The van der Waals surface area contributed by atoms with E-state index in [-0.39, 0.29) is 17.7 Å². The first-order chi connectivity index (χ1) is 13.5. The lowest BCUT2D eigenvalue weighted by atomic mass is 10.1. The van der Waals surface area contributed by atoms with Gasteiger partial charge in [-0.15, -0.1) is 10.2 Å². The van der Waals surface area contributed by atoms with Crippen molar-refractivity contribution in [3.63, 3.8) is 0 Å². The number of rotatable bonds is 8. The summed E-state index contributed by atoms with van der Waals surface area (Å²) in [5.41, 5.74) is 2.08. The van der Waals surface area contributed by atoms with Crippen molar-refractivity contribution in [3.05, 3.63) is 65.2 Å². The average molecular weight is 416 g/mol. The number of hydrogen-bond acceptors (Lipinski definition) is 5. The third kappa shape index (κ3) is 5.50. The predicted octanol–water partition coefficient (Wildman–Crippen LogP) is 3.54. The number of nitrogens with two attached hydrogens (primary N) is 1. The van der Waals surface area contributed by atoms with Crippen molar-refractivity contribution in [3.8, 4) is 11.4 Å². The molecule has 8 heteroatoms. The van der Waals surface area contributed by atoms with Gasteiger partial charge in [-0.05, 0) is 49.6 Å². The Balaban J connectivity index is 1.48. The third-order valence-corrected chi connectivity index (χ3v) is 5.41. The molecule has 146 valence electrons. The van der Waals surface area contributed by atoms with Gasteiger partial charge in [0, 0.05) is 16.6 Å². The number of hydrogen-bond donors (Lipinski definition) is 2. The molecule has 3 rings (SSSR count). The number of thioether (sulfide) groups is 1. The van der Waals surface area contributed by atoms with Gasteiger partial charge in [-0.2, -0.15) is 0 Å². The van der Waals surface area contributed by atoms with Crippen molar-refractivity contribution in [2.24, 2.45) is 0 Å². The summed E-state index contributed by atoms with van der Waals surface area (Å²) in [7, 11) is 0. The zero-order valence-electron chi connectivity index (χ0n) is 15.5. The summed E-state index contributed by atoms with van der Waals surface area (Å²) in [5.74, 6) is 6.78. The summed E-state index contributed by atoms with van der Waals surface area (Å²) >= 11 is 7.16. The summed E-state index contributed by atoms with van der Waals surface area (Å²) in [6.45, 7) is 2.01. The molecule has 3 aromatic rings. The molecule has 1 heterocycles. The molecule has 1 aromatic heterocycles. The molecule has 0 saturated carbocycles. The molecule has 0 radical (unpaired) electrons. The Morgan fingerprint density at radius 2 is 1.89 bits per heavy atom. The molecule has 1 amide bonds. The molecule has 0 unspecified atom stereocenters. The highest BCUT2D eigenvalue weighted by atomic mass is 35.5. The fourth-order valence-corrected chi connectivity index (χ4v) is 3.51. The van der Waals surface area contributed by atoms with Gasteiger partial charge in [0.2, 0.25) is 11.1 Å². The molecule has 0 aliphatic carbocycles. The maximum absolute atomic E-state index is 12.2. The number of carbonyl (C=O) groups excluding carboxylic acids is 1. The van der Waals surface area contributed by atoms with Gasteiger partial charge in [0.1, 0.15) is 0 Å². The molecular weight excluding hydrogens is 394 g/mol. The van der Waals surface area contributed by atoms with Crippen LogP contribution in [-0.2, 0) is 11.2 Å². The number of aryl methyl sites for hydroxylation is 1. The third-order valence-electron chi connectivity index (χ3n) is 4.22. The smallest absolute Gasteiger partial charge is 0.230 e. The lowest BCUT2D eigenvalue weighted by molar-refractivity contribution is -0.119. The van der Waals surface area contributed by atoms with E-state index in [9.17, 15) is 4.79 Å². The SMILES string of the molecule is C[C@H](CCc1ccccc1)NC(=O)CSc1nnc(-c2ccc(Cl)cc2)n1N. The van der Waals surface area contributed by atoms with Gasteiger partial charge in [-0.25, -0.2) is 4.68 Å². The maximum atomic E-state index is 12.2. The molecule has 0 spiro atoms. The van der Waals surface area contributed by atoms with Gasteiger partial charge >= 0.3 is 0 Å². The van der Waals surface area contributed by atoms with Gasteiger partial charge < -0.3 is 11.2 Å². The van der Waals surface area contributed by atoms with Crippen LogP contribution in [-0.4, -0.2) is 32.6 Å². The van der Waals surface area contributed by atoms with E-state index in [0.717, 1.165) is 18.4 Å². The molecule has 2 aromatic carbocycles. The van der Waals surface area contributed by atoms with Gasteiger partial charge in [0.15, 0.2) is 5.82 Å². The highest BCUT2D eigenvalue weighted by Crippen LogP contribution is 2.22. The molecule has 0 fully saturated rings. The van der Waals surface area contributed by atoms with Crippen molar-refractivity contribution in [2.45, 2.75) is 31.0 Å². The highest BCUT2D eigenvalue weighted by Gasteiger charge is 2.14. The van der Waals surface area contributed by atoms with Crippen LogP contribution < -0.4 is 11.2 Å². The van der Waals surface area contributed by atoms with E-state index in [2.05, 4.69) is 27.6 Å². The molecule has 1 atom stereocenters. The quantitative estimate of drug-likeness (QED) is 0.434. The first-order valence-corrected chi connectivity index (χ1v) is 10.3. The zero-order valence-corrected chi connectivity index (χ0v) is 17.1. The van der Waals surface area contributed by atoms with Crippen LogP contribution in [0.1, 0.15) is 18.9 Å². The molecule has 0 saturated heterocycles. The summed E-state index contributed by atoms with van der Waals surface area (Å²) in [4.78, 5) is 12.2. The number of nitrogens with zero attached hydrogens (tertiary/aromatic N) is 3. The van der Waals surface area contributed by atoms with Crippen molar-refractivity contribution in [2.75, 3.05) is 11.6 Å². The second-order valence-corrected chi connectivity index (χ2v) is 7.84. The Morgan fingerprint density at radius 3 is 2.61 bits per heavy atom. The molecule has 0 bridgehead atoms. The van der Waals surface area contributed by atoms with Gasteiger partial charge in [0.25, 0.3) is 0 Å². The van der Waals surface area contributed by atoms with Crippen LogP contribution in [0.4, 0.5) is 0 Å². The standard InChI is InChI=1S/C20H22ClN5OS/c1-14(7-8-15-5-3-2-4-6-15)23-18(27)13-28-20-25-24-19(26(20)22)16-9-11-17(21)12-10-16/h2-6,9-12,14H,7-8,13,22H2,1H3,(H,23,27)/t14-/m1/s1. The molecule has 6 nitrogen and oxygen atoms in total. The first kappa shape index (κ1) is 20.2. The van der Waals surface area contributed by atoms with Gasteiger partial charge in [-0.3, -0.25) is 4.79 Å².